The van der Waals surface area contributed by atoms with Gasteiger partial charge in [-0.1, -0.05) is 19.9 Å². The number of carbonyl (C=O) groups excluding carboxylic acids is 2. The van der Waals surface area contributed by atoms with Gasteiger partial charge in [0.25, 0.3) is 10.0 Å². The second-order valence-electron chi connectivity index (χ2n) is 6.58. The Labute approximate surface area is 169 Å². The largest absolute Gasteiger partial charge is 0.497 e. The minimum Gasteiger partial charge on any atom is -0.497 e. The number of carbonyl (C=O) groups is 2. The van der Waals surface area contributed by atoms with Crippen molar-refractivity contribution in [3.05, 3.63) is 48.5 Å². The topological polar surface area (TPSA) is 140 Å². The van der Waals surface area contributed by atoms with Gasteiger partial charge >= 0.3 is 6.03 Å². The smallest absolute Gasteiger partial charge is 0.312 e. The number of urea groups is 1. The molecule has 2 aromatic rings. The van der Waals surface area contributed by atoms with Gasteiger partial charge in [-0.05, 0) is 48.4 Å². The molecule has 0 heterocycles. The Morgan fingerprint density at radius 1 is 1.03 bits per heavy atom. The van der Waals surface area contributed by atoms with Crippen LogP contribution in [0.1, 0.15) is 13.8 Å². The lowest BCUT2D eigenvalue weighted by Crippen LogP contribution is -2.49. The number of ether oxygens (including phenoxy) is 1. The van der Waals surface area contributed by atoms with Gasteiger partial charge in [-0.2, -0.15) is 0 Å². The Hall–Kier alpha value is -3.27. The number of methoxy groups -OCH3 is 1. The van der Waals surface area contributed by atoms with Crippen LogP contribution >= 0.6 is 0 Å². The van der Waals surface area contributed by atoms with Crippen LogP contribution in [0.15, 0.2) is 53.4 Å². The first kappa shape index (κ1) is 22.0. The maximum Gasteiger partial charge on any atom is 0.312 e. The van der Waals surface area contributed by atoms with Crippen LogP contribution in [0, 0.1) is 5.92 Å². The van der Waals surface area contributed by atoms with Gasteiger partial charge in [-0.3, -0.25) is 9.52 Å². The molecule has 0 aliphatic carbocycles. The number of hydrogen-bond acceptors (Lipinski definition) is 5. The minimum absolute atomic E-state index is 0.0323. The lowest BCUT2D eigenvalue weighted by Gasteiger charge is -2.20. The lowest BCUT2D eigenvalue weighted by atomic mass is 10.0. The zero-order valence-electron chi connectivity index (χ0n) is 16.3. The average Bonchev–Trinajstić information content (AvgIpc) is 2.66. The fourth-order valence-corrected chi connectivity index (χ4v) is 3.63. The number of hydrogen-bond donors (Lipinski definition) is 4. The highest BCUT2D eigenvalue weighted by atomic mass is 32.2. The molecule has 2 aromatic carbocycles. The number of benzene rings is 2. The molecule has 0 aromatic heterocycles. The van der Waals surface area contributed by atoms with Crippen molar-refractivity contribution in [1.29, 1.82) is 0 Å². The van der Waals surface area contributed by atoms with Gasteiger partial charge < -0.3 is 21.1 Å². The highest BCUT2D eigenvalue weighted by molar-refractivity contribution is 7.92. The number of nitrogens with one attached hydrogen (secondary N) is 3. The van der Waals surface area contributed by atoms with E-state index in [9.17, 15) is 18.0 Å². The van der Waals surface area contributed by atoms with E-state index in [4.69, 9.17) is 10.5 Å². The van der Waals surface area contributed by atoms with E-state index in [1.54, 1.807) is 44.2 Å². The summed E-state index contributed by atoms with van der Waals surface area (Å²) in [5, 5.41) is 4.97. The third-order valence-electron chi connectivity index (χ3n) is 4.00. The number of rotatable bonds is 8. The molecule has 5 N–H and O–H groups in total. The van der Waals surface area contributed by atoms with Gasteiger partial charge in [-0.15, -0.1) is 0 Å². The summed E-state index contributed by atoms with van der Waals surface area (Å²) in [6.45, 7) is 3.50. The number of amides is 3. The molecule has 0 aliphatic heterocycles. The van der Waals surface area contributed by atoms with Gasteiger partial charge in [0.2, 0.25) is 5.91 Å². The number of nitrogens with two attached hydrogens (primary N) is 1. The summed E-state index contributed by atoms with van der Waals surface area (Å²) in [4.78, 5) is 23.5. The zero-order valence-corrected chi connectivity index (χ0v) is 17.1. The predicted octanol–water partition coefficient (Wildman–Crippen LogP) is 2.13. The lowest BCUT2D eigenvalue weighted by molar-refractivity contribution is -0.118. The van der Waals surface area contributed by atoms with Crippen LogP contribution in [0.2, 0.25) is 0 Å². The van der Waals surface area contributed by atoms with Gasteiger partial charge in [0.05, 0.1) is 12.0 Å². The highest BCUT2D eigenvalue weighted by Gasteiger charge is 2.24. The van der Waals surface area contributed by atoms with Gasteiger partial charge in [0, 0.05) is 11.4 Å². The SMILES string of the molecule is COc1ccc(NS(=O)(=O)c2cccc(NC(=O)[C@@H](NC(N)=O)C(C)C)c2)cc1. The molecular formula is C19H24N4O5S. The van der Waals surface area contributed by atoms with E-state index >= 15 is 0 Å². The molecule has 156 valence electrons. The van der Waals surface area contributed by atoms with Gasteiger partial charge in [0.15, 0.2) is 0 Å². The van der Waals surface area contributed by atoms with E-state index in [1.165, 1.54) is 25.3 Å². The Morgan fingerprint density at radius 3 is 2.24 bits per heavy atom. The minimum atomic E-state index is -3.88. The fourth-order valence-electron chi connectivity index (χ4n) is 2.52. The molecular weight excluding hydrogens is 396 g/mol. The van der Waals surface area contributed by atoms with E-state index in [1.807, 2.05) is 0 Å². The molecule has 0 bridgehead atoms. The summed E-state index contributed by atoms with van der Waals surface area (Å²) in [6.07, 6.45) is 0. The maximum atomic E-state index is 12.7. The van der Waals surface area contributed by atoms with Crippen LogP contribution in [0.5, 0.6) is 5.75 Å². The maximum absolute atomic E-state index is 12.7. The molecule has 0 saturated heterocycles. The number of sulfonamides is 1. The third kappa shape index (κ3) is 6.11. The highest BCUT2D eigenvalue weighted by Crippen LogP contribution is 2.21. The van der Waals surface area contributed by atoms with Crippen molar-refractivity contribution in [1.82, 2.24) is 5.32 Å². The second kappa shape index (κ2) is 9.28. The van der Waals surface area contributed by atoms with Crippen molar-refractivity contribution in [2.45, 2.75) is 24.8 Å². The molecule has 9 nitrogen and oxygen atoms in total. The predicted molar refractivity (Wildman–Crippen MR) is 110 cm³/mol. The molecule has 3 amide bonds. The summed E-state index contributed by atoms with van der Waals surface area (Å²) in [7, 11) is -2.36. The Bertz CT molecular complexity index is 974. The van der Waals surface area contributed by atoms with E-state index < -0.39 is 28.0 Å². The number of anilines is 2. The molecule has 1 atom stereocenters. The van der Waals surface area contributed by atoms with Crippen LogP contribution in [0.3, 0.4) is 0 Å². The third-order valence-corrected chi connectivity index (χ3v) is 5.38. The molecule has 0 radical (unpaired) electrons. The molecule has 0 aliphatic rings. The van der Waals surface area contributed by atoms with Crippen LogP contribution in [-0.2, 0) is 14.8 Å². The van der Waals surface area contributed by atoms with Crippen molar-refractivity contribution in [2.75, 3.05) is 17.1 Å². The van der Waals surface area contributed by atoms with Gasteiger partial charge in [0.1, 0.15) is 11.8 Å². The summed E-state index contributed by atoms with van der Waals surface area (Å²) < 4.78 is 32.8. The van der Waals surface area contributed by atoms with Crippen LogP contribution in [-0.4, -0.2) is 33.5 Å². The normalized spacial score (nSPS) is 12.1. The first-order valence-electron chi connectivity index (χ1n) is 8.76. The van der Waals surface area contributed by atoms with Gasteiger partial charge in [-0.25, -0.2) is 13.2 Å². The summed E-state index contributed by atoms with van der Waals surface area (Å²) in [6, 6.07) is 10.5. The summed E-state index contributed by atoms with van der Waals surface area (Å²) in [5.74, 6) is -0.121. The van der Waals surface area contributed by atoms with E-state index in [0.717, 1.165) is 0 Å². The molecule has 0 spiro atoms. The Balaban J connectivity index is 2.18. The molecule has 0 saturated carbocycles. The summed E-state index contributed by atoms with van der Waals surface area (Å²) in [5.41, 5.74) is 5.74. The molecule has 29 heavy (non-hydrogen) atoms. The molecule has 0 unspecified atom stereocenters. The van der Waals surface area contributed by atoms with E-state index in [0.29, 0.717) is 11.4 Å². The van der Waals surface area contributed by atoms with Crippen molar-refractivity contribution in [3.63, 3.8) is 0 Å². The molecule has 2 rings (SSSR count). The quantitative estimate of drug-likeness (QED) is 0.518. The first-order chi connectivity index (χ1) is 13.6. The van der Waals surface area contributed by atoms with Crippen molar-refractivity contribution >= 4 is 33.3 Å². The van der Waals surface area contributed by atoms with Crippen LogP contribution < -0.4 is 25.8 Å². The second-order valence-corrected chi connectivity index (χ2v) is 8.26. The standard InChI is InChI=1S/C19H24N4O5S/c1-12(2)17(22-19(20)25)18(24)21-14-5-4-6-16(11-14)29(26,27)23-13-7-9-15(28-3)10-8-13/h4-12,17,23H,1-3H3,(H,21,24)(H3,20,22,25)/t17-/m0/s1. The van der Waals surface area contributed by atoms with E-state index in [-0.39, 0.29) is 16.5 Å². The van der Waals surface area contributed by atoms with Crippen molar-refractivity contribution in [2.24, 2.45) is 11.7 Å². The van der Waals surface area contributed by atoms with Crippen molar-refractivity contribution in [3.8, 4) is 5.75 Å². The monoisotopic (exact) mass is 420 g/mol. The first-order valence-corrected chi connectivity index (χ1v) is 10.2. The average molecular weight is 420 g/mol. The summed E-state index contributed by atoms with van der Waals surface area (Å²) >= 11 is 0. The molecule has 10 heteroatoms. The fraction of sp³-hybridized carbons (Fsp3) is 0.263. The number of primary amides is 1. The zero-order chi connectivity index (χ0) is 21.6. The van der Waals surface area contributed by atoms with Crippen LogP contribution in [0.25, 0.3) is 0 Å². The van der Waals surface area contributed by atoms with Crippen LogP contribution in [0.4, 0.5) is 16.2 Å². The van der Waals surface area contributed by atoms with Crippen molar-refractivity contribution < 1.29 is 22.7 Å². The van der Waals surface area contributed by atoms with E-state index in [2.05, 4.69) is 15.4 Å². The molecule has 0 fully saturated rings. The Morgan fingerprint density at radius 2 is 1.69 bits per heavy atom. The Kier molecular flexibility index (Phi) is 7.05.